The van der Waals surface area contributed by atoms with E-state index in [2.05, 4.69) is 4.98 Å². The number of rotatable bonds is 4. The van der Waals surface area contributed by atoms with Crippen molar-refractivity contribution in [2.24, 2.45) is 0 Å². The van der Waals surface area contributed by atoms with E-state index >= 15 is 0 Å². The molecular weight excluding hydrogens is 262 g/mol. The molecular formula is C14H22ClN3O. The number of nitrogens with zero attached hydrogens (tertiary/aromatic N) is 2. The first-order valence-corrected chi connectivity index (χ1v) is 6.70. The van der Waals surface area contributed by atoms with Crippen LogP contribution in [0.1, 0.15) is 38.3 Å². The first kappa shape index (κ1) is 15.8. The van der Waals surface area contributed by atoms with Crippen LogP contribution in [0.15, 0.2) is 18.3 Å². The largest absolute Gasteiger partial charge is 0.397 e. The van der Waals surface area contributed by atoms with Crippen LogP contribution in [-0.2, 0) is 11.2 Å². The summed E-state index contributed by atoms with van der Waals surface area (Å²) in [7, 11) is 0. The van der Waals surface area contributed by atoms with Crippen LogP contribution in [0.3, 0.4) is 0 Å². The van der Waals surface area contributed by atoms with Crippen molar-refractivity contribution in [2.75, 3.05) is 12.3 Å². The smallest absolute Gasteiger partial charge is 0.228 e. The Morgan fingerprint density at radius 2 is 2.11 bits per heavy atom. The first-order valence-electron chi connectivity index (χ1n) is 6.70. The van der Waals surface area contributed by atoms with Crippen LogP contribution in [0.25, 0.3) is 0 Å². The highest BCUT2D eigenvalue weighted by atomic mass is 35.5. The second-order valence-electron chi connectivity index (χ2n) is 4.88. The Morgan fingerprint density at radius 3 is 2.63 bits per heavy atom. The van der Waals surface area contributed by atoms with Crippen LogP contribution < -0.4 is 5.73 Å². The van der Waals surface area contributed by atoms with Gasteiger partial charge in [-0.05, 0) is 31.9 Å². The van der Waals surface area contributed by atoms with Crippen molar-refractivity contribution in [3.05, 3.63) is 24.0 Å². The lowest BCUT2D eigenvalue weighted by Crippen LogP contribution is -2.39. The van der Waals surface area contributed by atoms with E-state index in [1.807, 2.05) is 17.9 Å². The Hall–Kier alpha value is -1.29. The zero-order chi connectivity index (χ0) is 13.0. The van der Waals surface area contributed by atoms with E-state index in [-0.39, 0.29) is 18.3 Å². The number of anilines is 1. The summed E-state index contributed by atoms with van der Waals surface area (Å²) >= 11 is 0. The van der Waals surface area contributed by atoms with Gasteiger partial charge in [-0.3, -0.25) is 9.78 Å². The molecule has 2 rings (SSSR count). The fourth-order valence-electron chi connectivity index (χ4n) is 2.65. The van der Waals surface area contributed by atoms with Crippen molar-refractivity contribution in [1.82, 2.24) is 9.88 Å². The van der Waals surface area contributed by atoms with Gasteiger partial charge in [0.15, 0.2) is 0 Å². The van der Waals surface area contributed by atoms with E-state index < -0.39 is 0 Å². The molecule has 1 heterocycles. The van der Waals surface area contributed by atoms with Gasteiger partial charge in [-0.1, -0.05) is 12.8 Å². The monoisotopic (exact) mass is 283 g/mol. The number of amides is 1. The summed E-state index contributed by atoms with van der Waals surface area (Å²) in [6.45, 7) is 2.84. The van der Waals surface area contributed by atoms with E-state index in [4.69, 9.17) is 5.73 Å². The summed E-state index contributed by atoms with van der Waals surface area (Å²) in [5, 5.41) is 0. The molecule has 1 aromatic heterocycles. The molecule has 1 saturated carbocycles. The molecule has 0 unspecified atom stereocenters. The highest BCUT2D eigenvalue weighted by Crippen LogP contribution is 2.23. The van der Waals surface area contributed by atoms with Gasteiger partial charge in [0.05, 0.1) is 18.3 Å². The summed E-state index contributed by atoms with van der Waals surface area (Å²) in [5.41, 5.74) is 7.02. The van der Waals surface area contributed by atoms with E-state index in [1.165, 1.54) is 12.8 Å². The molecule has 0 aromatic carbocycles. The van der Waals surface area contributed by atoms with Gasteiger partial charge in [-0.2, -0.15) is 0 Å². The zero-order valence-corrected chi connectivity index (χ0v) is 12.2. The lowest BCUT2D eigenvalue weighted by molar-refractivity contribution is -0.132. The number of nitrogens with two attached hydrogens (primary N) is 1. The molecule has 19 heavy (non-hydrogen) atoms. The van der Waals surface area contributed by atoms with Crippen LogP contribution >= 0.6 is 12.4 Å². The predicted octanol–water partition coefficient (Wildman–Crippen LogP) is 2.42. The minimum atomic E-state index is 0. The Balaban J connectivity index is 0.00000180. The second kappa shape index (κ2) is 7.34. The molecule has 0 spiro atoms. The third-order valence-corrected chi connectivity index (χ3v) is 3.61. The predicted molar refractivity (Wildman–Crippen MR) is 79.2 cm³/mol. The lowest BCUT2D eigenvalue weighted by Gasteiger charge is -2.27. The minimum Gasteiger partial charge on any atom is -0.397 e. The van der Waals surface area contributed by atoms with Crippen molar-refractivity contribution in [3.8, 4) is 0 Å². The number of carbonyl (C=O) groups is 1. The number of pyridine rings is 1. The Bertz CT molecular complexity index is 402. The van der Waals surface area contributed by atoms with E-state index in [0.29, 0.717) is 18.2 Å². The van der Waals surface area contributed by atoms with Crippen molar-refractivity contribution in [3.63, 3.8) is 0 Å². The third-order valence-electron chi connectivity index (χ3n) is 3.61. The maximum Gasteiger partial charge on any atom is 0.228 e. The van der Waals surface area contributed by atoms with Gasteiger partial charge in [-0.25, -0.2) is 0 Å². The van der Waals surface area contributed by atoms with Crippen molar-refractivity contribution in [2.45, 2.75) is 45.1 Å². The van der Waals surface area contributed by atoms with Crippen molar-refractivity contribution >= 4 is 24.0 Å². The van der Waals surface area contributed by atoms with E-state index in [0.717, 1.165) is 25.1 Å². The summed E-state index contributed by atoms with van der Waals surface area (Å²) in [4.78, 5) is 18.5. The number of carbonyl (C=O) groups excluding carboxylic acids is 1. The summed E-state index contributed by atoms with van der Waals surface area (Å²) < 4.78 is 0. The highest BCUT2D eigenvalue weighted by molar-refractivity contribution is 5.85. The first-order chi connectivity index (χ1) is 8.70. The van der Waals surface area contributed by atoms with Gasteiger partial charge >= 0.3 is 0 Å². The SMILES string of the molecule is CCN(C(=O)Cc1ccc(N)cn1)C1CCCC1.Cl. The van der Waals surface area contributed by atoms with Crippen LogP contribution in [0.2, 0.25) is 0 Å². The third kappa shape index (κ3) is 4.10. The van der Waals surface area contributed by atoms with Crippen molar-refractivity contribution < 1.29 is 4.79 Å². The molecule has 2 N–H and O–H groups in total. The number of aromatic nitrogens is 1. The zero-order valence-electron chi connectivity index (χ0n) is 11.3. The maximum absolute atomic E-state index is 12.3. The van der Waals surface area contributed by atoms with Crippen LogP contribution in [0.5, 0.6) is 0 Å². The molecule has 1 aliphatic rings. The van der Waals surface area contributed by atoms with Crippen molar-refractivity contribution in [1.29, 1.82) is 0 Å². The summed E-state index contributed by atoms with van der Waals surface area (Å²) in [5.74, 6) is 0.182. The molecule has 0 bridgehead atoms. The van der Waals surface area contributed by atoms with E-state index in [9.17, 15) is 4.79 Å². The molecule has 0 atom stereocenters. The average Bonchev–Trinajstić information content (AvgIpc) is 2.87. The van der Waals surface area contributed by atoms with Crippen LogP contribution in [0.4, 0.5) is 5.69 Å². The van der Waals surface area contributed by atoms with E-state index in [1.54, 1.807) is 12.3 Å². The summed E-state index contributed by atoms with van der Waals surface area (Å²) in [6, 6.07) is 4.06. The normalized spacial score (nSPS) is 15.0. The maximum atomic E-state index is 12.3. The second-order valence-corrected chi connectivity index (χ2v) is 4.88. The Kier molecular flexibility index (Phi) is 6.09. The molecule has 4 nitrogen and oxygen atoms in total. The summed E-state index contributed by atoms with van der Waals surface area (Å²) in [6.07, 6.45) is 6.77. The average molecular weight is 284 g/mol. The molecule has 106 valence electrons. The van der Waals surface area contributed by atoms with Gasteiger partial charge in [0.1, 0.15) is 0 Å². The van der Waals surface area contributed by atoms with Gasteiger partial charge in [0.25, 0.3) is 0 Å². The molecule has 1 aliphatic carbocycles. The van der Waals surface area contributed by atoms with Crippen LogP contribution in [-0.4, -0.2) is 28.4 Å². The molecule has 0 aliphatic heterocycles. The number of hydrogen-bond donors (Lipinski definition) is 1. The fraction of sp³-hybridized carbons (Fsp3) is 0.571. The van der Waals surface area contributed by atoms with Gasteiger partial charge in [0.2, 0.25) is 5.91 Å². The Morgan fingerprint density at radius 1 is 1.42 bits per heavy atom. The van der Waals surface area contributed by atoms with Gasteiger partial charge < -0.3 is 10.6 Å². The topological polar surface area (TPSA) is 59.2 Å². The number of likely N-dealkylation sites (N-methyl/N-ethyl adjacent to an activating group) is 1. The number of nitrogen functional groups attached to an aromatic ring is 1. The molecule has 1 aromatic rings. The minimum absolute atomic E-state index is 0. The highest BCUT2D eigenvalue weighted by Gasteiger charge is 2.25. The quantitative estimate of drug-likeness (QED) is 0.923. The number of halogens is 1. The molecule has 5 heteroatoms. The molecule has 0 saturated heterocycles. The lowest BCUT2D eigenvalue weighted by atomic mass is 10.1. The standard InChI is InChI=1S/C14H21N3O.ClH/c1-2-17(13-5-3-4-6-13)14(18)9-12-8-7-11(15)10-16-12;/h7-8,10,13H,2-6,9,15H2,1H3;1H. The fourth-order valence-corrected chi connectivity index (χ4v) is 2.65. The van der Waals surface area contributed by atoms with Gasteiger partial charge in [0, 0.05) is 18.3 Å². The Labute approximate surface area is 120 Å². The van der Waals surface area contributed by atoms with Crippen LogP contribution in [0, 0.1) is 0 Å². The molecule has 1 amide bonds. The molecule has 0 radical (unpaired) electrons. The molecule has 1 fully saturated rings. The number of hydrogen-bond acceptors (Lipinski definition) is 3. The van der Waals surface area contributed by atoms with Gasteiger partial charge in [-0.15, -0.1) is 12.4 Å².